The Hall–Kier alpha value is -5.14. The van der Waals surface area contributed by atoms with Gasteiger partial charge in [0.25, 0.3) is 5.56 Å². The van der Waals surface area contributed by atoms with Gasteiger partial charge in [-0.2, -0.15) is 8.78 Å². The minimum absolute atomic E-state index is 0.0503. The van der Waals surface area contributed by atoms with Crippen molar-refractivity contribution in [1.82, 2.24) is 38.6 Å². The molecule has 0 radical (unpaired) electrons. The molecule has 0 saturated heterocycles. The lowest BCUT2D eigenvalue weighted by molar-refractivity contribution is -0.118. The summed E-state index contributed by atoms with van der Waals surface area (Å²) in [6.07, 6.45) is 5.35. The number of imidazole rings is 1. The van der Waals surface area contributed by atoms with Crippen LogP contribution in [0.25, 0.3) is 22.4 Å². The quantitative estimate of drug-likeness (QED) is 0.328. The number of aromatic nitrogens is 8. The van der Waals surface area contributed by atoms with Gasteiger partial charge in [-0.05, 0) is 31.2 Å². The summed E-state index contributed by atoms with van der Waals surface area (Å²) in [7, 11) is 1.49. The molecule has 5 rings (SSSR count). The highest BCUT2D eigenvalue weighted by Crippen LogP contribution is 2.25. The van der Waals surface area contributed by atoms with Crippen LogP contribution in [0.15, 0.2) is 70.9 Å². The van der Waals surface area contributed by atoms with Crippen LogP contribution >= 0.6 is 0 Å². The van der Waals surface area contributed by atoms with E-state index in [1.165, 1.54) is 34.9 Å². The lowest BCUT2D eigenvalue weighted by Crippen LogP contribution is -2.40. The number of alkyl halides is 2. The summed E-state index contributed by atoms with van der Waals surface area (Å²) >= 11 is 0. The molecule has 1 atom stereocenters. The molecular formula is C26H23F2N9O3. The highest BCUT2D eigenvalue weighted by Gasteiger charge is 2.28. The Morgan fingerprint density at radius 3 is 2.48 bits per heavy atom. The number of amides is 1. The largest absolute Gasteiger partial charge is 0.332 e. The van der Waals surface area contributed by atoms with Crippen LogP contribution in [0, 0.1) is 0 Å². The maximum absolute atomic E-state index is 13.4. The molecule has 5 aromatic heterocycles. The van der Waals surface area contributed by atoms with Crippen LogP contribution in [0.1, 0.15) is 31.4 Å². The van der Waals surface area contributed by atoms with E-state index in [0.717, 1.165) is 4.57 Å². The minimum Gasteiger partial charge on any atom is -0.312 e. The van der Waals surface area contributed by atoms with Crippen LogP contribution in [-0.4, -0.2) is 44.5 Å². The standard InChI is InChI=1S/C26H23F2N9O3/c1-15(22(38)34-19-9-6-8-18(33-19)16-11-30-24(31-12-16)26(2,27)28)37-14-32-21-20(37)23(39)36(25(40)35(21)3)13-17-7-4-5-10-29-17/h4-12,14-15H,13H2,1-3H3,(H,33,34,38)/t15-/m0/s1. The van der Waals surface area contributed by atoms with Crippen molar-refractivity contribution in [1.29, 1.82) is 0 Å². The van der Waals surface area contributed by atoms with Gasteiger partial charge in [-0.1, -0.05) is 12.1 Å². The summed E-state index contributed by atoms with van der Waals surface area (Å²) in [5.41, 5.74) is 0.296. The normalized spacial score (nSPS) is 12.4. The van der Waals surface area contributed by atoms with Crippen molar-refractivity contribution in [2.24, 2.45) is 7.05 Å². The Bertz CT molecular complexity index is 1830. The molecule has 1 N–H and O–H groups in total. The van der Waals surface area contributed by atoms with Crippen LogP contribution in [-0.2, 0) is 24.3 Å². The summed E-state index contributed by atoms with van der Waals surface area (Å²) in [5, 5.41) is 2.69. The molecule has 14 heteroatoms. The van der Waals surface area contributed by atoms with Crippen LogP contribution in [0.4, 0.5) is 14.6 Å². The predicted molar refractivity (Wildman–Crippen MR) is 141 cm³/mol. The van der Waals surface area contributed by atoms with Gasteiger partial charge >= 0.3 is 11.6 Å². The number of aryl methyl sites for hydroxylation is 1. The number of halogens is 2. The first-order valence-corrected chi connectivity index (χ1v) is 12.1. The first kappa shape index (κ1) is 26.5. The minimum atomic E-state index is -3.18. The van der Waals surface area contributed by atoms with Crippen molar-refractivity contribution in [3.8, 4) is 11.3 Å². The first-order valence-electron chi connectivity index (χ1n) is 12.1. The molecule has 0 spiro atoms. The van der Waals surface area contributed by atoms with Gasteiger partial charge in [0.05, 0.1) is 24.3 Å². The highest BCUT2D eigenvalue weighted by molar-refractivity contribution is 5.93. The lowest BCUT2D eigenvalue weighted by Gasteiger charge is -2.15. The van der Waals surface area contributed by atoms with E-state index >= 15 is 0 Å². The summed E-state index contributed by atoms with van der Waals surface area (Å²) in [6, 6.07) is 9.06. The topological polar surface area (TPSA) is 142 Å². The highest BCUT2D eigenvalue weighted by atomic mass is 19.3. The van der Waals surface area contributed by atoms with E-state index in [2.05, 4.69) is 30.2 Å². The molecule has 0 saturated carbocycles. The zero-order chi connectivity index (χ0) is 28.6. The van der Waals surface area contributed by atoms with E-state index in [9.17, 15) is 23.2 Å². The first-order chi connectivity index (χ1) is 19.0. The third-order valence-electron chi connectivity index (χ3n) is 6.24. The van der Waals surface area contributed by atoms with E-state index < -0.39 is 34.9 Å². The van der Waals surface area contributed by atoms with Crippen LogP contribution in [0.3, 0.4) is 0 Å². The molecule has 5 aromatic rings. The Balaban J connectivity index is 1.43. The second-order valence-electron chi connectivity index (χ2n) is 9.14. The molecule has 0 aliphatic rings. The van der Waals surface area contributed by atoms with Gasteiger partial charge in [-0.25, -0.2) is 24.7 Å². The average Bonchev–Trinajstić information content (AvgIpc) is 3.39. The van der Waals surface area contributed by atoms with Crippen molar-refractivity contribution in [3.05, 3.63) is 93.7 Å². The van der Waals surface area contributed by atoms with Gasteiger partial charge < -0.3 is 9.88 Å². The zero-order valence-electron chi connectivity index (χ0n) is 21.6. The molecular weight excluding hydrogens is 524 g/mol. The smallest absolute Gasteiger partial charge is 0.312 e. The van der Waals surface area contributed by atoms with Gasteiger partial charge in [0.2, 0.25) is 5.91 Å². The summed E-state index contributed by atoms with van der Waals surface area (Å²) in [5.74, 6) is -4.11. The van der Waals surface area contributed by atoms with Crippen molar-refractivity contribution in [2.75, 3.05) is 5.32 Å². The van der Waals surface area contributed by atoms with Gasteiger partial charge in [0, 0.05) is 38.1 Å². The maximum Gasteiger partial charge on any atom is 0.332 e. The summed E-state index contributed by atoms with van der Waals surface area (Å²) < 4.78 is 30.6. The second-order valence-corrected chi connectivity index (χ2v) is 9.14. The van der Waals surface area contributed by atoms with E-state index in [4.69, 9.17) is 0 Å². The fraction of sp³-hybridized carbons (Fsp3) is 0.231. The van der Waals surface area contributed by atoms with Gasteiger partial charge in [0.15, 0.2) is 17.0 Å². The molecule has 204 valence electrons. The Morgan fingerprint density at radius 2 is 1.80 bits per heavy atom. The van der Waals surface area contributed by atoms with Crippen LogP contribution in [0.5, 0.6) is 0 Å². The van der Waals surface area contributed by atoms with Gasteiger partial charge in [-0.15, -0.1) is 0 Å². The van der Waals surface area contributed by atoms with Crippen LogP contribution in [0.2, 0.25) is 0 Å². The molecule has 1 amide bonds. The molecule has 0 bridgehead atoms. The molecule has 0 fully saturated rings. The number of hydrogen-bond donors (Lipinski definition) is 1. The molecule has 0 aromatic carbocycles. The number of hydrogen-bond acceptors (Lipinski definition) is 8. The van der Waals surface area contributed by atoms with Crippen molar-refractivity contribution in [3.63, 3.8) is 0 Å². The average molecular weight is 548 g/mol. The lowest BCUT2D eigenvalue weighted by atomic mass is 10.2. The Kier molecular flexibility index (Phi) is 6.75. The summed E-state index contributed by atoms with van der Waals surface area (Å²) in [4.78, 5) is 59.7. The number of pyridine rings is 2. The van der Waals surface area contributed by atoms with E-state index in [1.54, 1.807) is 49.5 Å². The van der Waals surface area contributed by atoms with E-state index in [1.807, 2.05) is 0 Å². The fourth-order valence-corrected chi connectivity index (χ4v) is 4.08. The van der Waals surface area contributed by atoms with E-state index in [-0.39, 0.29) is 23.5 Å². The number of carbonyl (C=O) groups is 1. The zero-order valence-corrected chi connectivity index (χ0v) is 21.6. The molecule has 0 aliphatic carbocycles. The van der Waals surface area contributed by atoms with Gasteiger partial charge in [0.1, 0.15) is 11.9 Å². The molecule has 40 heavy (non-hydrogen) atoms. The third kappa shape index (κ3) is 4.98. The molecule has 0 unspecified atom stereocenters. The number of rotatable bonds is 7. The number of nitrogens with one attached hydrogen (secondary N) is 1. The molecule has 12 nitrogen and oxygen atoms in total. The van der Waals surface area contributed by atoms with Crippen LogP contribution < -0.4 is 16.6 Å². The SMILES string of the molecule is C[C@@H](C(=O)Nc1cccc(-c2cnc(C(C)(F)F)nc2)n1)n1cnc2c1c(=O)n(Cc1ccccn1)c(=O)n2C. The molecule has 0 aliphatic heterocycles. The number of fused-ring (bicyclic) bond motifs is 1. The second kappa shape index (κ2) is 10.2. The summed E-state index contributed by atoms with van der Waals surface area (Å²) in [6.45, 7) is 2.23. The fourth-order valence-electron chi connectivity index (χ4n) is 4.08. The number of nitrogens with zero attached hydrogens (tertiary/aromatic N) is 8. The van der Waals surface area contributed by atoms with Crippen molar-refractivity contribution < 1.29 is 13.6 Å². The van der Waals surface area contributed by atoms with Crippen molar-refractivity contribution in [2.45, 2.75) is 32.4 Å². The molecule has 5 heterocycles. The Labute approximate surface area is 225 Å². The monoisotopic (exact) mass is 547 g/mol. The third-order valence-corrected chi connectivity index (χ3v) is 6.24. The predicted octanol–water partition coefficient (Wildman–Crippen LogP) is 2.50. The number of carbonyl (C=O) groups excluding carboxylic acids is 1. The number of anilines is 1. The Morgan fingerprint density at radius 1 is 1.05 bits per heavy atom. The van der Waals surface area contributed by atoms with E-state index in [0.29, 0.717) is 23.9 Å². The maximum atomic E-state index is 13.4. The van der Waals surface area contributed by atoms with Crippen molar-refractivity contribution >= 4 is 22.9 Å². The van der Waals surface area contributed by atoms with Gasteiger partial charge in [-0.3, -0.25) is 23.7 Å².